The molecule has 5 heteroatoms. The van der Waals surface area contributed by atoms with Gasteiger partial charge in [0.05, 0.1) is 11.4 Å². The number of benzene rings is 2. The van der Waals surface area contributed by atoms with E-state index in [0.29, 0.717) is 0 Å². The minimum atomic E-state index is 0.743. The van der Waals surface area contributed by atoms with Crippen LogP contribution in [-0.4, -0.2) is 44.2 Å². The van der Waals surface area contributed by atoms with Gasteiger partial charge in [-0.05, 0) is 92.9 Å². The van der Waals surface area contributed by atoms with Crippen LogP contribution in [0, 0.1) is 6.92 Å². The zero-order chi connectivity index (χ0) is 25.5. The summed E-state index contributed by atoms with van der Waals surface area (Å²) in [6, 6.07) is 22.7. The van der Waals surface area contributed by atoms with Crippen molar-refractivity contribution in [3.63, 3.8) is 0 Å². The molecule has 190 valence electrons. The lowest BCUT2D eigenvalue weighted by molar-refractivity contribution is 0.222. The lowest BCUT2D eigenvalue weighted by Gasteiger charge is -2.25. The van der Waals surface area contributed by atoms with Crippen molar-refractivity contribution in [1.29, 1.82) is 0 Å². The monoisotopic (exact) mass is 499 g/mol. The van der Waals surface area contributed by atoms with Gasteiger partial charge in [0.2, 0.25) is 0 Å². The molecule has 1 aliphatic heterocycles. The molecule has 0 saturated carbocycles. The second-order valence-corrected chi connectivity index (χ2v) is 10.9. The molecule has 38 heavy (non-hydrogen) atoms. The van der Waals surface area contributed by atoms with Crippen molar-refractivity contribution >= 4 is 11.0 Å². The van der Waals surface area contributed by atoms with Gasteiger partial charge < -0.3 is 4.90 Å². The summed E-state index contributed by atoms with van der Waals surface area (Å²) in [6.45, 7) is 4.67. The molecule has 0 amide bonds. The topological polar surface area (TPSA) is 57.7 Å². The third-order valence-corrected chi connectivity index (χ3v) is 8.56. The number of nitrogens with zero attached hydrogens (tertiary/aromatic N) is 4. The number of aromatic nitrogens is 4. The average Bonchev–Trinajstić information content (AvgIpc) is 3.60. The maximum Gasteiger partial charge on any atom is 0.181 e. The van der Waals surface area contributed by atoms with E-state index in [0.717, 1.165) is 45.2 Å². The number of fused-ring (bicyclic) bond motifs is 2. The number of hydrogen-bond acceptors (Lipinski definition) is 4. The van der Waals surface area contributed by atoms with Crippen LogP contribution in [0.3, 0.4) is 0 Å². The normalized spacial score (nSPS) is 18.0. The molecular formula is C33H33N5. The molecule has 2 aliphatic rings. The maximum atomic E-state index is 4.72. The van der Waals surface area contributed by atoms with E-state index in [9.17, 15) is 0 Å². The summed E-state index contributed by atoms with van der Waals surface area (Å²) in [5.41, 5.74) is 11.6. The van der Waals surface area contributed by atoms with E-state index in [-0.39, 0.29) is 0 Å². The fraction of sp³-hybridized carbons (Fsp3) is 0.303. The van der Waals surface area contributed by atoms with E-state index in [1.807, 2.05) is 18.5 Å². The molecule has 0 bridgehead atoms. The second-order valence-electron chi connectivity index (χ2n) is 10.9. The van der Waals surface area contributed by atoms with Crippen LogP contribution in [0.4, 0.5) is 0 Å². The standard InChI is InChI=1S/C33H33N5/c1-22-5-4-16-34-31(22)24-7-9-25(10-8-24)32-30-20-28(21-35-33(30)37-36-32)27-11-6-23-12-14-29(15-13-26(23)19-27)38-17-2-3-18-38/h4-11,16,19-21,29H,2-3,12-15,17-18H2,1H3,(H,35,36,37). The van der Waals surface area contributed by atoms with E-state index in [1.54, 1.807) is 0 Å². The number of nitrogens with one attached hydrogen (secondary N) is 1. The third-order valence-electron chi connectivity index (χ3n) is 8.56. The molecular weight excluding hydrogens is 466 g/mol. The number of pyridine rings is 2. The van der Waals surface area contributed by atoms with Crippen molar-refractivity contribution in [3.8, 4) is 33.6 Å². The van der Waals surface area contributed by atoms with Crippen LogP contribution in [-0.2, 0) is 12.8 Å². The number of likely N-dealkylation sites (tertiary alicyclic amines) is 1. The average molecular weight is 500 g/mol. The minimum Gasteiger partial charge on any atom is -0.300 e. The highest BCUT2D eigenvalue weighted by Gasteiger charge is 2.24. The van der Waals surface area contributed by atoms with Crippen LogP contribution in [0.2, 0.25) is 0 Å². The van der Waals surface area contributed by atoms with Crippen molar-refractivity contribution in [3.05, 3.63) is 89.7 Å². The lowest BCUT2D eigenvalue weighted by Crippen LogP contribution is -2.32. The fourth-order valence-electron chi connectivity index (χ4n) is 6.40. The molecule has 0 radical (unpaired) electrons. The van der Waals surface area contributed by atoms with Crippen molar-refractivity contribution in [2.75, 3.05) is 13.1 Å². The summed E-state index contributed by atoms with van der Waals surface area (Å²) >= 11 is 0. The van der Waals surface area contributed by atoms with Crippen molar-refractivity contribution in [1.82, 2.24) is 25.1 Å². The molecule has 5 nitrogen and oxygen atoms in total. The molecule has 1 unspecified atom stereocenters. The van der Waals surface area contributed by atoms with Gasteiger partial charge in [-0.2, -0.15) is 5.10 Å². The van der Waals surface area contributed by atoms with Crippen molar-refractivity contribution in [2.24, 2.45) is 0 Å². The Bertz CT molecular complexity index is 1590. The highest BCUT2D eigenvalue weighted by molar-refractivity contribution is 5.93. The van der Waals surface area contributed by atoms with Gasteiger partial charge in [-0.3, -0.25) is 10.1 Å². The Morgan fingerprint density at radius 2 is 1.55 bits per heavy atom. The summed E-state index contributed by atoms with van der Waals surface area (Å²) in [5, 5.41) is 8.79. The molecule has 4 heterocycles. The van der Waals surface area contributed by atoms with Crippen LogP contribution in [0.5, 0.6) is 0 Å². The molecule has 1 fully saturated rings. The Morgan fingerprint density at radius 3 is 2.37 bits per heavy atom. The largest absolute Gasteiger partial charge is 0.300 e. The maximum absolute atomic E-state index is 4.72. The summed E-state index contributed by atoms with van der Waals surface area (Å²) < 4.78 is 0. The van der Waals surface area contributed by atoms with Crippen LogP contribution in [0.1, 0.15) is 42.4 Å². The van der Waals surface area contributed by atoms with Gasteiger partial charge in [0, 0.05) is 40.5 Å². The van der Waals surface area contributed by atoms with E-state index in [4.69, 9.17) is 4.98 Å². The van der Waals surface area contributed by atoms with Crippen molar-refractivity contribution in [2.45, 2.75) is 51.5 Å². The van der Waals surface area contributed by atoms with Gasteiger partial charge >= 0.3 is 0 Å². The highest BCUT2D eigenvalue weighted by Crippen LogP contribution is 2.33. The van der Waals surface area contributed by atoms with Crippen molar-refractivity contribution < 1.29 is 0 Å². The summed E-state index contributed by atoms with van der Waals surface area (Å²) in [6.07, 6.45) is 11.5. The van der Waals surface area contributed by atoms with Gasteiger partial charge in [0.1, 0.15) is 0 Å². The Balaban J connectivity index is 1.17. The number of aromatic amines is 1. The van der Waals surface area contributed by atoms with Gasteiger partial charge in [-0.15, -0.1) is 0 Å². The molecule has 1 atom stereocenters. The SMILES string of the molecule is Cc1cccnc1-c1ccc(-c2[nH]nc3ncc(-c4ccc5c(c4)CCC(N4CCCC4)CC5)cc23)cc1. The minimum absolute atomic E-state index is 0.743. The van der Waals surface area contributed by atoms with Gasteiger partial charge in [0.15, 0.2) is 5.65 Å². The number of aryl methyl sites for hydroxylation is 3. The quantitative estimate of drug-likeness (QED) is 0.270. The molecule has 5 aromatic rings. The molecule has 1 N–H and O–H groups in total. The number of hydrogen-bond donors (Lipinski definition) is 1. The third kappa shape index (κ3) is 4.31. The van der Waals surface area contributed by atoms with Gasteiger partial charge in [0.25, 0.3) is 0 Å². The summed E-state index contributed by atoms with van der Waals surface area (Å²) in [5.74, 6) is 0. The predicted molar refractivity (Wildman–Crippen MR) is 154 cm³/mol. The number of rotatable bonds is 4. The fourth-order valence-corrected chi connectivity index (χ4v) is 6.40. The molecule has 2 aromatic carbocycles. The predicted octanol–water partition coefficient (Wildman–Crippen LogP) is 7.01. The smallest absolute Gasteiger partial charge is 0.181 e. The highest BCUT2D eigenvalue weighted by atomic mass is 15.2. The molecule has 1 aliphatic carbocycles. The Hall–Kier alpha value is -3.83. The van der Waals surface area contributed by atoms with Gasteiger partial charge in [-0.1, -0.05) is 48.5 Å². The van der Waals surface area contributed by atoms with Crippen LogP contribution in [0.15, 0.2) is 73.1 Å². The Labute approximate surface area is 224 Å². The van der Waals surface area contributed by atoms with E-state index >= 15 is 0 Å². The summed E-state index contributed by atoms with van der Waals surface area (Å²) in [7, 11) is 0. The molecule has 1 saturated heterocycles. The zero-order valence-corrected chi connectivity index (χ0v) is 22.0. The number of H-pyrrole nitrogens is 1. The van der Waals surface area contributed by atoms with Crippen LogP contribution >= 0.6 is 0 Å². The summed E-state index contributed by atoms with van der Waals surface area (Å²) in [4.78, 5) is 12.0. The Kier molecular flexibility index (Phi) is 6.01. The first-order valence-electron chi connectivity index (χ1n) is 14.0. The molecule has 0 spiro atoms. The molecule has 3 aromatic heterocycles. The second kappa shape index (κ2) is 9.80. The molecule has 7 rings (SSSR count). The van der Waals surface area contributed by atoms with E-state index in [1.165, 1.54) is 73.9 Å². The zero-order valence-electron chi connectivity index (χ0n) is 22.0. The first-order valence-corrected chi connectivity index (χ1v) is 14.0. The lowest BCUT2D eigenvalue weighted by atomic mass is 9.96. The first kappa shape index (κ1) is 23.3. The van der Waals surface area contributed by atoms with Crippen LogP contribution < -0.4 is 0 Å². The van der Waals surface area contributed by atoms with Gasteiger partial charge in [-0.25, -0.2) is 4.98 Å². The van der Waals surface area contributed by atoms with E-state index < -0.39 is 0 Å². The van der Waals surface area contributed by atoms with Crippen LogP contribution in [0.25, 0.3) is 44.7 Å². The Morgan fingerprint density at radius 1 is 0.789 bits per heavy atom. The first-order chi connectivity index (χ1) is 18.7. The van der Waals surface area contributed by atoms with E-state index in [2.05, 4.69) is 81.6 Å².